The molecule has 0 heterocycles. The highest BCUT2D eigenvalue weighted by atomic mass is 79.9. The van der Waals surface area contributed by atoms with Crippen molar-refractivity contribution in [3.63, 3.8) is 0 Å². The molecule has 0 aliphatic heterocycles. The van der Waals surface area contributed by atoms with Crippen LogP contribution in [0.25, 0.3) is 0 Å². The molecule has 8 heteroatoms. The zero-order valence-electron chi connectivity index (χ0n) is 15.6. The summed E-state index contributed by atoms with van der Waals surface area (Å²) in [6.07, 6.45) is 1.51. The number of hydrazone groups is 1. The molecule has 0 bridgehead atoms. The summed E-state index contributed by atoms with van der Waals surface area (Å²) in [7, 11) is 0. The van der Waals surface area contributed by atoms with Crippen LogP contribution in [0.4, 0.5) is 0 Å². The van der Waals surface area contributed by atoms with E-state index in [0.29, 0.717) is 28.7 Å². The average Bonchev–Trinajstić information content (AvgIpc) is 2.75. The predicted molar refractivity (Wildman–Crippen MR) is 123 cm³/mol. The van der Waals surface area contributed by atoms with Crippen molar-refractivity contribution in [3.8, 4) is 11.5 Å². The van der Waals surface area contributed by atoms with Gasteiger partial charge in [-0.3, -0.25) is 4.79 Å². The van der Waals surface area contributed by atoms with Crippen molar-refractivity contribution >= 4 is 51.3 Å². The Morgan fingerprint density at radius 2 is 1.80 bits per heavy atom. The number of halogens is 3. The minimum atomic E-state index is -0.441. The van der Waals surface area contributed by atoms with Gasteiger partial charge in [-0.25, -0.2) is 5.43 Å². The van der Waals surface area contributed by atoms with Gasteiger partial charge in [0.05, 0.1) is 11.2 Å². The number of benzene rings is 3. The molecular formula is C22H17BrCl2N2O3. The van der Waals surface area contributed by atoms with Crippen LogP contribution in [0.1, 0.15) is 11.1 Å². The van der Waals surface area contributed by atoms with Crippen molar-refractivity contribution in [3.05, 3.63) is 92.4 Å². The van der Waals surface area contributed by atoms with Gasteiger partial charge in [0.25, 0.3) is 5.91 Å². The SMILES string of the molecule is O=C(COc1cccc(Cl)c1Cl)N/N=C\c1cc(Br)ccc1OCc1ccccc1. The van der Waals surface area contributed by atoms with Gasteiger partial charge in [-0.05, 0) is 35.9 Å². The van der Waals surface area contributed by atoms with Gasteiger partial charge in [-0.15, -0.1) is 0 Å². The third-order valence-corrected chi connectivity index (χ3v) is 5.17. The molecule has 0 fully saturated rings. The molecule has 0 radical (unpaired) electrons. The van der Waals surface area contributed by atoms with Gasteiger partial charge >= 0.3 is 0 Å². The monoisotopic (exact) mass is 506 g/mol. The summed E-state index contributed by atoms with van der Waals surface area (Å²) in [6.45, 7) is 0.164. The highest BCUT2D eigenvalue weighted by Crippen LogP contribution is 2.31. The maximum absolute atomic E-state index is 12.0. The number of amides is 1. The molecule has 0 aliphatic rings. The molecule has 0 saturated heterocycles. The molecule has 3 aromatic carbocycles. The van der Waals surface area contributed by atoms with Crippen molar-refractivity contribution in [1.29, 1.82) is 0 Å². The van der Waals surface area contributed by atoms with Crippen LogP contribution in [-0.2, 0) is 11.4 Å². The summed E-state index contributed by atoms with van der Waals surface area (Å²) >= 11 is 15.4. The van der Waals surface area contributed by atoms with E-state index in [0.717, 1.165) is 10.0 Å². The summed E-state index contributed by atoms with van der Waals surface area (Å²) in [5.74, 6) is 0.526. The Balaban J connectivity index is 1.57. The summed E-state index contributed by atoms with van der Waals surface area (Å²) in [5, 5.41) is 4.59. The molecule has 3 aromatic rings. The van der Waals surface area contributed by atoms with E-state index in [9.17, 15) is 4.79 Å². The number of ether oxygens (including phenoxy) is 2. The molecule has 0 atom stereocenters. The summed E-state index contributed by atoms with van der Waals surface area (Å²) < 4.78 is 12.1. The van der Waals surface area contributed by atoms with Crippen molar-refractivity contribution in [2.45, 2.75) is 6.61 Å². The number of rotatable bonds is 8. The minimum Gasteiger partial charge on any atom is -0.488 e. The van der Waals surface area contributed by atoms with Crippen LogP contribution in [0.15, 0.2) is 76.3 Å². The quantitative estimate of drug-likeness (QED) is 0.306. The topological polar surface area (TPSA) is 59.9 Å². The molecule has 0 spiro atoms. The molecule has 0 unspecified atom stereocenters. The van der Waals surface area contributed by atoms with Crippen LogP contribution < -0.4 is 14.9 Å². The van der Waals surface area contributed by atoms with E-state index in [-0.39, 0.29) is 11.6 Å². The maximum atomic E-state index is 12.0. The zero-order valence-corrected chi connectivity index (χ0v) is 18.7. The van der Waals surface area contributed by atoms with Crippen LogP contribution in [0.3, 0.4) is 0 Å². The second kappa shape index (κ2) is 11.0. The number of nitrogens with zero attached hydrogens (tertiary/aromatic N) is 1. The van der Waals surface area contributed by atoms with Gasteiger partial charge in [0.2, 0.25) is 0 Å². The molecule has 0 aromatic heterocycles. The lowest BCUT2D eigenvalue weighted by Crippen LogP contribution is -2.24. The number of carbonyl (C=O) groups is 1. The zero-order chi connectivity index (χ0) is 21.3. The molecular weight excluding hydrogens is 491 g/mol. The van der Waals surface area contributed by atoms with E-state index >= 15 is 0 Å². The largest absolute Gasteiger partial charge is 0.488 e. The average molecular weight is 508 g/mol. The fourth-order valence-electron chi connectivity index (χ4n) is 2.43. The van der Waals surface area contributed by atoms with E-state index in [2.05, 4.69) is 26.5 Å². The second-order valence-corrected chi connectivity index (χ2v) is 7.79. The van der Waals surface area contributed by atoms with Crippen LogP contribution in [-0.4, -0.2) is 18.7 Å². The van der Waals surface area contributed by atoms with Gasteiger partial charge in [-0.1, -0.05) is 75.5 Å². The van der Waals surface area contributed by atoms with Crippen LogP contribution in [0.5, 0.6) is 11.5 Å². The first-order chi connectivity index (χ1) is 14.5. The van der Waals surface area contributed by atoms with Gasteiger partial charge < -0.3 is 9.47 Å². The fourth-order valence-corrected chi connectivity index (χ4v) is 3.16. The van der Waals surface area contributed by atoms with Crippen LogP contribution >= 0.6 is 39.1 Å². The van der Waals surface area contributed by atoms with Gasteiger partial charge in [0, 0.05) is 10.0 Å². The van der Waals surface area contributed by atoms with Crippen molar-refractivity contribution in [2.24, 2.45) is 5.10 Å². The van der Waals surface area contributed by atoms with E-state index in [1.54, 1.807) is 18.2 Å². The lowest BCUT2D eigenvalue weighted by molar-refractivity contribution is -0.123. The standard InChI is InChI=1S/C22H17BrCl2N2O3/c23-17-9-10-19(29-13-15-5-2-1-3-6-15)16(11-17)12-26-27-21(28)14-30-20-8-4-7-18(24)22(20)25/h1-12H,13-14H2,(H,27,28)/b26-12-. The van der Waals surface area contributed by atoms with E-state index in [1.165, 1.54) is 6.21 Å². The highest BCUT2D eigenvalue weighted by Gasteiger charge is 2.08. The summed E-state index contributed by atoms with van der Waals surface area (Å²) in [4.78, 5) is 12.0. The first kappa shape index (κ1) is 22.2. The number of hydrogen-bond donors (Lipinski definition) is 1. The van der Waals surface area contributed by atoms with Gasteiger partial charge in [-0.2, -0.15) is 5.10 Å². The van der Waals surface area contributed by atoms with Crippen molar-refractivity contribution in [1.82, 2.24) is 5.43 Å². The minimum absolute atomic E-state index is 0.254. The van der Waals surface area contributed by atoms with Gasteiger partial charge in [0.15, 0.2) is 6.61 Å². The van der Waals surface area contributed by atoms with Gasteiger partial charge in [0.1, 0.15) is 23.1 Å². The van der Waals surface area contributed by atoms with E-state index in [1.807, 2.05) is 48.5 Å². The molecule has 154 valence electrons. The van der Waals surface area contributed by atoms with E-state index in [4.69, 9.17) is 32.7 Å². The molecule has 0 aliphatic carbocycles. The number of hydrogen-bond acceptors (Lipinski definition) is 4. The summed E-state index contributed by atoms with van der Waals surface area (Å²) in [6, 6.07) is 20.3. The normalized spacial score (nSPS) is 10.8. The fraction of sp³-hybridized carbons (Fsp3) is 0.0909. The third kappa shape index (κ3) is 6.49. The Morgan fingerprint density at radius 3 is 2.60 bits per heavy atom. The maximum Gasteiger partial charge on any atom is 0.277 e. The molecule has 5 nitrogen and oxygen atoms in total. The number of carbonyl (C=O) groups excluding carboxylic acids is 1. The second-order valence-electron chi connectivity index (χ2n) is 6.09. The smallest absolute Gasteiger partial charge is 0.277 e. The molecule has 30 heavy (non-hydrogen) atoms. The first-order valence-corrected chi connectivity index (χ1v) is 10.4. The van der Waals surface area contributed by atoms with Crippen LogP contribution in [0, 0.1) is 0 Å². The Kier molecular flexibility index (Phi) is 8.13. The Morgan fingerprint density at radius 1 is 1.00 bits per heavy atom. The third-order valence-electron chi connectivity index (χ3n) is 3.88. The molecule has 1 N–H and O–H groups in total. The molecule has 1 amide bonds. The lowest BCUT2D eigenvalue weighted by atomic mass is 10.2. The molecule has 0 saturated carbocycles. The molecule has 3 rings (SSSR count). The first-order valence-electron chi connectivity index (χ1n) is 8.88. The Labute approximate surface area is 192 Å². The van der Waals surface area contributed by atoms with E-state index < -0.39 is 5.91 Å². The summed E-state index contributed by atoms with van der Waals surface area (Å²) in [5.41, 5.74) is 4.17. The number of nitrogens with one attached hydrogen (secondary N) is 1. The Hall–Kier alpha value is -2.54. The van der Waals surface area contributed by atoms with Crippen molar-refractivity contribution < 1.29 is 14.3 Å². The van der Waals surface area contributed by atoms with Crippen LogP contribution in [0.2, 0.25) is 10.0 Å². The van der Waals surface area contributed by atoms with Crippen molar-refractivity contribution in [2.75, 3.05) is 6.61 Å². The highest BCUT2D eigenvalue weighted by molar-refractivity contribution is 9.10. The lowest BCUT2D eigenvalue weighted by Gasteiger charge is -2.10. The Bertz CT molecular complexity index is 1050. The predicted octanol–water partition coefficient (Wildman–Crippen LogP) is 5.86.